The molecule has 1 aliphatic heterocycles. The molecule has 0 unspecified atom stereocenters. The van der Waals surface area contributed by atoms with E-state index >= 15 is 0 Å². The first kappa shape index (κ1) is 18.7. The van der Waals surface area contributed by atoms with Crippen LogP contribution in [0, 0.1) is 11.3 Å². The van der Waals surface area contributed by atoms with Crippen molar-refractivity contribution in [2.75, 3.05) is 0 Å². The van der Waals surface area contributed by atoms with E-state index < -0.39 is 5.91 Å². The molecule has 28 heavy (non-hydrogen) atoms. The zero-order valence-corrected chi connectivity index (χ0v) is 14.7. The van der Waals surface area contributed by atoms with Gasteiger partial charge in [-0.05, 0) is 23.3 Å². The van der Waals surface area contributed by atoms with Crippen LogP contribution < -0.4 is 11.2 Å². The van der Waals surface area contributed by atoms with Crippen LogP contribution in [0.25, 0.3) is 0 Å². The van der Waals surface area contributed by atoms with Gasteiger partial charge in [-0.1, -0.05) is 42.5 Å². The van der Waals surface area contributed by atoms with Crippen LogP contribution in [0.4, 0.5) is 0 Å². The van der Waals surface area contributed by atoms with Crippen molar-refractivity contribution in [3.8, 4) is 6.07 Å². The number of amidine groups is 1. The zero-order chi connectivity index (χ0) is 19.8. The summed E-state index contributed by atoms with van der Waals surface area (Å²) in [5, 5.41) is 8.82. The minimum absolute atomic E-state index is 0.0157. The minimum atomic E-state index is -0.570. The lowest BCUT2D eigenvalue weighted by Crippen LogP contribution is -2.15. The summed E-state index contributed by atoms with van der Waals surface area (Å²) in [5.74, 6) is -0.585. The highest BCUT2D eigenvalue weighted by Crippen LogP contribution is 2.17. The summed E-state index contributed by atoms with van der Waals surface area (Å²) < 4.78 is 0. The average molecular weight is 372 g/mol. The summed E-state index contributed by atoms with van der Waals surface area (Å²) in [5.41, 5.74) is 10.8. The number of carbonyl (C=O) groups is 1. The summed E-state index contributed by atoms with van der Waals surface area (Å²) in [6.07, 6.45) is 2.76. The summed E-state index contributed by atoms with van der Waals surface area (Å²) >= 11 is 0. The second kappa shape index (κ2) is 9.02. The van der Waals surface area contributed by atoms with E-state index in [1.165, 1.54) is 12.6 Å². The van der Waals surface area contributed by atoms with Crippen LogP contribution in [0.1, 0.15) is 16.7 Å². The number of amides is 1. The number of hydrogen-bond acceptors (Lipinski definition) is 6. The van der Waals surface area contributed by atoms with Gasteiger partial charge in [-0.2, -0.15) is 10.3 Å². The molecule has 2 aromatic carbocycles. The van der Waals surface area contributed by atoms with Crippen molar-refractivity contribution < 1.29 is 9.63 Å². The van der Waals surface area contributed by atoms with Crippen LogP contribution in [-0.4, -0.2) is 24.3 Å². The maximum absolute atomic E-state index is 12.0. The molecule has 1 heterocycles. The molecule has 3 rings (SSSR count). The highest BCUT2D eigenvalue weighted by atomic mass is 16.6. The molecule has 8 nitrogen and oxygen atoms in total. The average Bonchev–Trinajstić information content (AvgIpc) is 2.99. The van der Waals surface area contributed by atoms with Crippen molar-refractivity contribution in [1.29, 1.82) is 5.26 Å². The minimum Gasteiger partial charge on any atom is -0.382 e. The lowest BCUT2D eigenvalue weighted by atomic mass is 10.2. The Hall–Kier alpha value is -4.09. The van der Waals surface area contributed by atoms with Gasteiger partial charge >= 0.3 is 0 Å². The first-order valence-corrected chi connectivity index (χ1v) is 8.28. The molecule has 0 spiro atoms. The van der Waals surface area contributed by atoms with Crippen molar-refractivity contribution in [1.82, 2.24) is 5.48 Å². The van der Waals surface area contributed by atoms with E-state index in [-0.39, 0.29) is 17.2 Å². The van der Waals surface area contributed by atoms with Crippen LogP contribution in [0.15, 0.2) is 81.0 Å². The molecule has 8 heteroatoms. The summed E-state index contributed by atoms with van der Waals surface area (Å²) in [6, 6.07) is 18.4. The largest absolute Gasteiger partial charge is 0.382 e. The van der Waals surface area contributed by atoms with Crippen LogP contribution in [-0.2, 0) is 16.2 Å². The van der Waals surface area contributed by atoms with Crippen LogP contribution in [0.3, 0.4) is 0 Å². The van der Waals surface area contributed by atoms with E-state index in [0.717, 1.165) is 11.1 Å². The summed E-state index contributed by atoms with van der Waals surface area (Å²) in [6.45, 7) is 0.345. The molecule has 0 aliphatic carbocycles. The Morgan fingerprint density at radius 1 is 1.11 bits per heavy atom. The van der Waals surface area contributed by atoms with Gasteiger partial charge in [-0.25, -0.2) is 9.98 Å². The smallest absolute Gasteiger partial charge is 0.299 e. The highest BCUT2D eigenvalue weighted by molar-refractivity contribution is 6.18. The van der Waals surface area contributed by atoms with Gasteiger partial charge < -0.3 is 5.73 Å². The van der Waals surface area contributed by atoms with Crippen LogP contribution in [0.5, 0.6) is 0 Å². The molecule has 0 saturated heterocycles. The number of benzene rings is 2. The Morgan fingerprint density at radius 2 is 1.86 bits per heavy atom. The number of hydroxylamine groups is 1. The predicted octanol–water partition coefficient (Wildman–Crippen LogP) is 1.84. The molecule has 2 aromatic rings. The van der Waals surface area contributed by atoms with Crippen LogP contribution in [0.2, 0.25) is 0 Å². The topological polar surface area (TPSA) is 125 Å². The predicted molar refractivity (Wildman–Crippen MR) is 105 cm³/mol. The van der Waals surface area contributed by atoms with Gasteiger partial charge in [-0.15, -0.1) is 0 Å². The van der Waals surface area contributed by atoms with Gasteiger partial charge in [0.2, 0.25) is 0 Å². The second-order valence-electron chi connectivity index (χ2n) is 5.64. The molecule has 0 atom stereocenters. The zero-order valence-electron chi connectivity index (χ0n) is 14.7. The Kier molecular flexibility index (Phi) is 6.02. The Labute approximate surface area is 161 Å². The number of rotatable bonds is 7. The highest BCUT2D eigenvalue weighted by Gasteiger charge is 2.24. The monoisotopic (exact) mass is 372 g/mol. The molecule has 138 valence electrons. The first-order chi connectivity index (χ1) is 13.7. The SMILES string of the molecule is N#Cc1ccc(C=NC2=C(N=CNOCc3ccccc3)C(N)=NC2=O)cc1. The van der Waals surface area contributed by atoms with Crippen molar-refractivity contribution in [3.05, 3.63) is 82.7 Å². The van der Waals surface area contributed by atoms with Crippen molar-refractivity contribution in [2.24, 2.45) is 20.7 Å². The van der Waals surface area contributed by atoms with E-state index in [1.807, 2.05) is 36.4 Å². The number of nitrogens with two attached hydrogens (primary N) is 1. The van der Waals surface area contributed by atoms with E-state index in [1.54, 1.807) is 24.3 Å². The van der Waals surface area contributed by atoms with E-state index in [4.69, 9.17) is 15.8 Å². The molecule has 1 aliphatic rings. The molecular weight excluding hydrogens is 356 g/mol. The second-order valence-corrected chi connectivity index (χ2v) is 5.64. The number of nitrogens with zero attached hydrogens (tertiary/aromatic N) is 4. The molecule has 1 amide bonds. The summed E-state index contributed by atoms with van der Waals surface area (Å²) in [7, 11) is 0. The third kappa shape index (κ3) is 4.75. The molecule has 0 saturated carbocycles. The fourth-order valence-corrected chi connectivity index (χ4v) is 2.29. The van der Waals surface area contributed by atoms with E-state index in [0.29, 0.717) is 12.2 Å². The molecule has 0 fully saturated rings. The molecular formula is C20H16N6O2. The van der Waals surface area contributed by atoms with Gasteiger partial charge in [0.15, 0.2) is 11.5 Å². The van der Waals surface area contributed by atoms with E-state index in [9.17, 15) is 4.79 Å². The number of nitrogens with one attached hydrogen (secondary N) is 1. The maximum Gasteiger partial charge on any atom is 0.299 e. The first-order valence-electron chi connectivity index (χ1n) is 8.28. The lowest BCUT2D eigenvalue weighted by Gasteiger charge is -2.02. The molecule has 0 bridgehead atoms. The quantitative estimate of drug-likeness (QED) is 0.332. The van der Waals surface area contributed by atoms with Gasteiger partial charge in [0.25, 0.3) is 5.91 Å². The standard InChI is InChI=1S/C20H16N6O2/c21-10-14-6-8-15(9-7-14)11-23-18-17(19(22)26-20(18)27)24-13-25-28-12-16-4-2-1-3-5-16/h1-9,11,13H,12H2,(H3,22,24,25,26,27). The fraction of sp³-hybridized carbons (Fsp3) is 0.0500. The Morgan fingerprint density at radius 3 is 2.57 bits per heavy atom. The third-order valence-electron chi connectivity index (χ3n) is 3.69. The Bertz CT molecular complexity index is 1010. The van der Waals surface area contributed by atoms with Gasteiger partial charge in [0.1, 0.15) is 12.0 Å². The van der Waals surface area contributed by atoms with Gasteiger partial charge in [0, 0.05) is 6.21 Å². The number of nitriles is 1. The number of hydrogen-bond donors (Lipinski definition) is 2. The third-order valence-corrected chi connectivity index (χ3v) is 3.69. The fourth-order valence-electron chi connectivity index (χ4n) is 2.29. The van der Waals surface area contributed by atoms with Crippen molar-refractivity contribution in [2.45, 2.75) is 6.61 Å². The van der Waals surface area contributed by atoms with Gasteiger partial charge in [-0.3, -0.25) is 15.1 Å². The normalized spacial score (nSPS) is 14.0. The maximum atomic E-state index is 12.0. The number of carbonyl (C=O) groups excluding carboxylic acids is 1. The molecule has 0 aromatic heterocycles. The van der Waals surface area contributed by atoms with Crippen molar-refractivity contribution >= 4 is 24.3 Å². The van der Waals surface area contributed by atoms with Crippen molar-refractivity contribution in [3.63, 3.8) is 0 Å². The number of aliphatic imine (C=N–C) groups is 3. The van der Waals surface area contributed by atoms with E-state index in [2.05, 4.69) is 20.5 Å². The Balaban J connectivity index is 1.66. The molecule has 3 N–H and O–H groups in total. The lowest BCUT2D eigenvalue weighted by molar-refractivity contribution is -0.114. The van der Waals surface area contributed by atoms with Crippen LogP contribution >= 0.6 is 0 Å². The molecule has 0 radical (unpaired) electrons. The summed E-state index contributed by atoms with van der Waals surface area (Å²) in [4.78, 5) is 29.2. The van der Waals surface area contributed by atoms with Gasteiger partial charge in [0.05, 0.1) is 18.2 Å².